The molecule has 1 amide bonds. The van der Waals surface area contributed by atoms with Gasteiger partial charge in [-0.05, 0) is 56.0 Å². The SMILES string of the molecule is CC(NC(=O)C1(N2CC[C@@H](Oc3cccc(OC(F)(F)F)c3)C2)CCOCC1)c1ccc(C(=O)O)cc1. The van der Waals surface area contributed by atoms with Crippen molar-refractivity contribution in [2.45, 2.75) is 50.2 Å². The normalized spacial score (nSPS) is 20.7. The average molecular weight is 523 g/mol. The minimum absolute atomic E-state index is 0.146. The summed E-state index contributed by atoms with van der Waals surface area (Å²) in [6.45, 7) is 3.70. The lowest BCUT2D eigenvalue weighted by atomic mass is 9.86. The lowest BCUT2D eigenvalue weighted by Gasteiger charge is -2.43. The van der Waals surface area contributed by atoms with Crippen molar-refractivity contribution in [2.75, 3.05) is 26.3 Å². The van der Waals surface area contributed by atoms with Crippen molar-refractivity contribution in [2.24, 2.45) is 0 Å². The molecule has 4 rings (SSSR count). The van der Waals surface area contributed by atoms with Crippen LogP contribution in [0.5, 0.6) is 11.5 Å². The molecule has 2 saturated heterocycles. The molecule has 0 bridgehead atoms. The third kappa shape index (κ3) is 6.53. The number of hydrogen-bond acceptors (Lipinski definition) is 6. The summed E-state index contributed by atoms with van der Waals surface area (Å²) in [5.74, 6) is -1.26. The first kappa shape index (κ1) is 26.7. The van der Waals surface area contributed by atoms with Crippen molar-refractivity contribution in [1.29, 1.82) is 0 Å². The Labute approximate surface area is 212 Å². The first-order valence-electron chi connectivity index (χ1n) is 12.1. The topological polar surface area (TPSA) is 97.3 Å². The molecule has 2 N–H and O–H groups in total. The second kappa shape index (κ2) is 11.0. The summed E-state index contributed by atoms with van der Waals surface area (Å²) in [4.78, 5) is 26.8. The molecule has 2 aliphatic rings. The van der Waals surface area contributed by atoms with Crippen LogP contribution in [0.25, 0.3) is 0 Å². The van der Waals surface area contributed by atoms with Crippen LogP contribution in [0, 0.1) is 0 Å². The third-order valence-corrected chi connectivity index (χ3v) is 6.84. The van der Waals surface area contributed by atoms with Gasteiger partial charge in [0.15, 0.2) is 0 Å². The van der Waals surface area contributed by atoms with Gasteiger partial charge in [0, 0.05) is 32.4 Å². The van der Waals surface area contributed by atoms with E-state index in [2.05, 4.69) is 15.0 Å². The molecule has 200 valence electrons. The van der Waals surface area contributed by atoms with Crippen LogP contribution in [0.4, 0.5) is 13.2 Å². The number of halogens is 3. The molecule has 8 nitrogen and oxygen atoms in total. The number of carboxylic acid groups (broad SMARTS) is 1. The van der Waals surface area contributed by atoms with E-state index in [4.69, 9.17) is 14.6 Å². The summed E-state index contributed by atoms with van der Waals surface area (Å²) in [5.41, 5.74) is 0.137. The van der Waals surface area contributed by atoms with E-state index in [1.165, 1.54) is 30.3 Å². The Morgan fingerprint density at radius 2 is 1.81 bits per heavy atom. The fraction of sp³-hybridized carbons (Fsp3) is 0.462. The number of ether oxygens (including phenoxy) is 3. The monoisotopic (exact) mass is 522 g/mol. The van der Waals surface area contributed by atoms with E-state index in [1.54, 1.807) is 18.2 Å². The number of hydrogen-bond donors (Lipinski definition) is 2. The zero-order valence-electron chi connectivity index (χ0n) is 20.3. The first-order valence-corrected chi connectivity index (χ1v) is 12.1. The van der Waals surface area contributed by atoms with E-state index in [-0.39, 0.29) is 35.1 Å². The van der Waals surface area contributed by atoms with Crippen molar-refractivity contribution in [1.82, 2.24) is 10.2 Å². The van der Waals surface area contributed by atoms with Crippen LogP contribution in [-0.2, 0) is 9.53 Å². The summed E-state index contributed by atoms with van der Waals surface area (Å²) in [5, 5.41) is 12.2. The van der Waals surface area contributed by atoms with Gasteiger partial charge in [-0.3, -0.25) is 9.69 Å². The van der Waals surface area contributed by atoms with Gasteiger partial charge in [-0.2, -0.15) is 0 Å². The van der Waals surface area contributed by atoms with Crippen LogP contribution >= 0.6 is 0 Å². The van der Waals surface area contributed by atoms with Gasteiger partial charge in [0.1, 0.15) is 23.1 Å². The Hall–Kier alpha value is -3.31. The van der Waals surface area contributed by atoms with Crippen molar-refractivity contribution in [3.8, 4) is 11.5 Å². The predicted molar refractivity (Wildman–Crippen MR) is 126 cm³/mol. The van der Waals surface area contributed by atoms with Crippen LogP contribution < -0.4 is 14.8 Å². The number of carboxylic acids is 1. The van der Waals surface area contributed by atoms with Gasteiger partial charge < -0.3 is 24.6 Å². The number of carbonyl (C=O) groups excluding carboxylic acids is 1. The van der Waals surface area contributed by atoms with Gasteiger partial charge in [0.25, 0.3) is 0 Å². The Kier molecular flexibility index (Phi) is 7.93. The highest BCUT2D eigenvalue weighted by Crippen LogP contribution is 2.34. The lowest BCUT2D eigenvalue weighted by Crippen LogP contribution is -2.61. The summed E-state index contributed by atoms with van der Waals surface area (Å²) in [6, 6.07) is 11.4. The number of alkyl halides is 3. The van der Waals surface area contributed by atoms with Gasteiger partial charge in [-0.25, -0.2) is 4.79 Å². The fourth-order valence-corrected chi connectivity index (χ4v) is 4.87. The Balaban J connectivity index is 1.43. The summed E-state index contributed by atoms with van der Waals surface area (Å²) < 4.78 is 53.1. The van der Waals surface area contributed by atoms with Crippen molar-refractivity contribution >= 4 is 11.9 Å². The molecule has 2 aromatic rings. The summed E-state index contributed by atoms with van der Waals surface area (Å²) in [7, 11) is 0. The molecule has 2 heterocycles. The smallest absolute Gasteiger partial charge is 0.489 e. The molecule has 0 radical (unpaired) electrons. The van der Waals surface area contributed by atoms with Crippen LogP contribution in [0.1, 0.15) is 48.1 Å². The molecule has 0 aromatic heterocycles. The van der Waals surface area contributed by atoms with Crippen LogP contribution in [0.2, 0.25) is 0 Å². The van der Waals surface area contributed by atoms with E-state index in [1.807, 2.05) is 6.92 Å². The van der Waals surface area contributed by atoms with Gasteiger partial charge in [0.2, 0.25) is 5.91 Å². The van der Waals surface area contributed by atoms with Crippen molar-refractivity contribution in [3.05, 3.63) is 59.7 Å². The molecule has 2 aromatic carbocycles. The largest absolute Gasteiger partial charge is 0.573 e. The van der Waals surface area contributed by atoms with E-state index >= 15 is 0 Å². The molecule has 11 heteroatoms. The van der Waals surface area contributed by atoms with Gasteiger partial charge in [-0.1, -0.05) is 18.2 Å². The second-order valence-corrected chi connectivity index (χ2v) is 9.26. The maximum Gasteiger partial charge on any atom is 0.573 e. The highest BCUT2D eigenvalue weighted by molar-refractivity contribution is 5.88. The minimum atomic E-state index is -4.79. The summed E-state index contributed by atoms with van der Waals surface area (Å²) >= 11 is 0. The molecule has 0 spiro atoms. The van der Waals surface area contributed by atoms with Gasteiger partial charge >= 0.3 is 12.3 Å². The molecule has 2 atom stereocenters. The zero-order chi connectivity index (χ0) is 26.6. The molecule has 2 aliphatic heterocycles. The number of carbonyl (C=O) groups is 2. The van der Waals surface area contributed by atoms with Crippen LogP contribution in [0.15, 0.2) is 48.5 Å². The highest BCUT2D eigenvalue weighted by Gasteiger charge is 2.48. The second-order valence-electron chi connectivity index (χ2n) is 9.26. The number of aromatic carboxylic acids is 1. The van der Waals surface area contributed by atoms with E-state index < -0.39 is 17.9 Å². The number of nitrogens with one attached hydrogen (secondary N) is 1. The first-order chi connectivity index (χ1) is 17.6. The highest BCUT2D eigenvalue weighted by atomic mass is 19.4. The molecular formula is C26H29F3N2O6. The Bertz CT molecular complexity index is 1100. The lowest BCUT2D eigenvalue weighted by molar-refractivity contribution is -0.274. The Morgan fingerprint density at radius 1 is 1.14 bits per heavy atom. The zero-order valence-corrected chi connectivity index (χ0v) is 20.3. The van der Waals surface area contributed by atoms with E-state index in [9.17, 15) is 22.8 Å². The standard InChI is InChI=1S/C26H29F3N2O6/c1-17(18-5-7-19(8-6-18)23(32)33)30-24(34)25(10-13-35-14-11-25)31-12-9-22(16-31)36-20-3-2-4-21(15-20)37-26(27,28)29/h2-8,15,17,22H,9-14,16H2,1H3,(H,30,34)(H,32,33)/t17?,22-/m1/s1. The number of benzene rings is 2. The van der Waals surface area contributed by atoms with Gasteiger partial charge in [-0.15, -0.1) is 13.2 Å². The van der Waals surface area contributed by atoms with Crippen LogP contribution in [0.3, 0.4) is 0 Å². The van der Waals surface area contributed by atoms with Crippen molar-refractivity contribution in [3.63, 3.8) is 0 Å². The molecular weight excluding hydrogens is 493 g/mol. The molecule has 2 fully saturated rings. The fourth-order valence-electron chi connectivity index (χ4n) is 4.87. The van der Waals surface area contributed by atoms with E-state index in [0.29, 0.717) is 45.6 Å². The number of rotatable bonds is 8. The van der Waals surface area contributed by atoms with Gasteiger partial charge in [0.05, 0.1) is 11.6 Å². The third-order valence-electron chi connectivity index (χ3n) is 6.84. The number of likely N-dealkylation sites (tertiary alicyclic amines) is 1. The molecule has 1 unspecified atom stereocenters. The Morgan fingerprint density at radius 3 is 2.46 bits per heavy atom. The maximum absolute atomic E-state index is 13.6. The maximum atomic E-state index is 13.6. The van der Waals surface area contributed by atoms with E-state index in [0.717, 1.165) is 5.56 Å². The number of nitrogens with zero attached hydrogens (tertiary/aromatic N) is 1. The summed E-state index contributed by atoms with van der Waals surface area (Å²) in [6.07, 6.45) is -3.52. The minimum Gasteiger partial charge on any atom is -0.489 e. The molecule has 0 aliphatic carbocycles. The predicted octanol–water partition coefficient (Wildman–Crippen LogP) is 4.16. The molecule has 0 saturated carbocycles. The quantitative estimate of drug-likeness (QED) is 0.537. The number of amides is 1. The molecule has 37 heavy (non-hydrogen) atoms. The van der Waals surface area contributed by atoms with Crippen LogP contribution in [-0.4, -0.2) is 66.2 Å². The van der Waals surface area contributed by atoms with Crippen molar-refractivity contribution < 1.29 is 42.1 Å². The average Bonchev–Trinajstić information content (AvgIpc) is 3.32.